The standard InChI is InChI=1S/C21H31N5O/c27-19(21-14-16-11-17(15-21)13-18(21)12-16)22-5-2-6-25-7-9-26(10-8-25)20-23-3-1-4-24-20/h1,3-4,16-18H,2,5-15H2,(H,22,27)/t16-,17?,18?,21?/m0/s1. The highest BCUT2D eigenvalue weighted by atomic mass is 16.2. The second-order valence-electron chi connectivity index (χ2n) is 9.19. The van der Waals surface area contributed by atoms with E-state index in [9.17, 15) is 4.79 Å². The smallest absolute Gasteiger partial charge is 0.226 e. The number of nitrogens with one attached hydrogen (secondary N) is 1. The summed E-state index contributed by atoms with van der Waals surface area (Å²) < 4.78 is 0. The monoisotopic (exact) mass is 369 g/mol. The molecule has 3 unspecified atom stereocenters. The predicted octanol–water partition coefficient (Wildman–Crippen LogP) is 1.93. The maximum atomic E-state index is 12.9. The molecule has 5 fully saturated rings. The molecule has 1 aliphatic heterocycles. The van der Waals surface area contributed by atoms with Gasteiger partial charge in [0.1, 0.15) is 0 Å². The van der Waals surface area contributed by atoms with Gasteiger partial charge in [0.05, 0.1) is 5.41 Å². The molecule has 0 radical (unpaired) electrons. The number of aromatic nitrogens is 2. The second kappa shape index (κ2) is 7.04. The Morgan fingerprint density at radius 1 is 1.07 bits per heavy atom. The maximum Gasteiger partial charge on any atom is 0.226 e. The van der Waals surface area contributed by atoms with E-state index in [0.717, 1.165) is 63.5 Å². The largest absolute Gasteiger partial charge is 0.356 e. The van der Waals surface area contributed by atoms with Crippen molar-refractivity contribution in [2.45, 2.75) is 38.5 Å². The van der Waals surface area contributed by atoms with E-state index in [-0.39, 0.29) is 5.41 Å². The predicted molar refractivity (Wildman–Crippen MR) is 104 cm³/mol. The molecule has 1 aromatic rings. The fraction of sp³-hybridized carbons (Fsp3) is 0.762. The topological polar surface area (TPSA) is 61.4 Å². The third kappa shape index (κ3) is 3.22. The van der Waals surface area contributed by atoms with Crippen molar-refractivity contribution in [1.82, 2.24) is 20.2 Å². The summed E-state index contributed by atoms with van der Waals surface area (Å²) in [5.74, 6) is 3.60. The first-order valence-corrected chi connectivity index (χ1v) is 10.8. The highest BCUT2D eigenvalue weighted by Crippen LogP contribution is 2.65. The maximum absolute atomic E-state index is 12.9. The van der Waals surface area contributed by atoms with Gasteiger partial charge in [-0.3, -0.25) is 9.69 Å². The molecule has 5 aliphatic rings. The Kier molecular flexibility index (Phi) is 4.54. The molecule has 0 aromatic carbocycles. The summed E-state index contributed by atoms with van der Waals surface area (Å²) in [5.41, 5.74) is 0.0227. The van der Waals surface area contributed by atoms with E-state index >= 15 is 0 Å². The molecule has 1 N–H and O–H groups in total. The van der Waals surface area contributed by atoms with Crippen molar-refractivity contribution in [3.63, 3.8) is 0 Å². The Hall–Kier alpha value is -1.69. The quantitative estimate of drug-likeness (QED) is 0.777. The van der Waals surface area contributed by atoms with Crippen LogP contribution in [0.2, 0.25) is 0 Å². The first-order valence-electron chi connectivity index (χ1n) is 10.8. The van der Waals surface area contributed by atoms with Crippen LogP contribution in [-0.2, 0) is 4.79 Å². The van der Waals surface area contributed by atoms with Crippen molar-refractivity contribution in [2.75, 3.05) is 44.2 Å². The number of rotatable bonds is 6. The number of carbonyl (C=O) groups is 1. The summed E-state index contributed by atoms with van der Waals surface area (Å²) in [6.45, 7) is 5.92. The lowest BCUT2D eigenvalue weighted by atomic mass is 9.75. The minimum atomic E-state index is 0.0227. The van der Waals surface area contributed by atoms with Crippen molar-refractivity contribution in [3.8, 4) is 0 Å². The zero-order valence-electron chi connectivity index (χ0n) is 16.1. The number of carbonyl (C=O) groups excluding carboxylic acids is 1. The summed E-state index contributed by atoms with van der Waals surface area (Å²) in [6.07, 6.45) is 11.0. The normalized spacial score (nSPS) is 35.0. The van der Waals surface area contributed by atoms with Gasteiger partial charge in [-0.15, -0.1) is 0 Å². The van der Waals surface area contributed by atoms with Crippen molar-refractivity contribution < 1.29 is 4.79 Å². The first kappa shape index (κ1) is 17.4. The molecule has 4 atom stereocenters. The average molecular weight is 370 g/mol. The lowest BCUT2D eigenvalue weighted by Crippen LogP contribution is -2.48. The molecule has 1 saturated heterocycles. The summed E-state index contributed by atoms with van der Waals surface area (Å²) >= 11 is 0. The molecule has 6 rings (SSSR count). The van der Waals surface area contributed by atoms with Gasteiger partial charge in [-0.25, -0.2) is 9.97 Å². The van der Waals surface area contributed by atoms with Crippen LogP contribution in [0.5, 0.6) is 0 Å². The molecule has 4 bridgehead atoms. The van der Waals surface area contributed by atoms with E-state index in [0.29, 0.717) is 11.8 Å². The minimum absolute atomic E-state index is 0.0227. The highest BCUT2D eigenvalue weighted by Gasteiger charge is 2.61. The van der Waals surface area contributed by atoms with Gasteiger partial charge in [-0.05, 0) is 68.9 Å². The molecule has 4 saturated carbocycles. The van der Waals surface area contributed by atoms with E-state index < -0.39 is 0 Å². The zero-order valence-corrected chi connectivity index (χ0v) is 16.1. The Bertz CT molecular complexity index is 658. The summed E-state index contributed by atoms with van der Waals surface area (Å²) in [6, 6.07) is 1.86. The number of hydrogen-bond donors (Lipinski definition) is 1. The van der Waals surface area contributed by atoms with Crippen LogP contribution in [0.3, 0.4) is 0 Å². The second-order valence-corrected chi connectivity index (χ2v) is 9.19. The van der Waals surface area contributed by atoms with E-state index in [1.807, 2.05) is 6.07 Å². The van der Waals surface area contributed by atoms with Crippen LogP contribution in [0.15, 0.2) is 18.5 Å². The molecule has 6 heteroatoms. The number of anilines is 1. The summed E-state index contributed by atoms with van der Waals surface area (Å²) in [4.78, 5) is 26.4. The number of piperazine rings is 1. The van der Waals surface area contributed by atoms with Crippen molar-refractivity contribution in [3.05, 3.63) is 18.5 Å². The van der Waals surface area contributed by atoms with Crippen LogP contribution < -0.4 is 10.2 Å². The SMILES string of the molecule is O=C(NCCCN1CCN(c2ncccn2)CC1)C12CC3CC1C[C@H](C3)C2. The fourth-order valence-electron chi connectivity index (χ4n) is 6.47. The third-order valence-electron chi connectivity index (χ3n) is 7.59. The van der Waals surface area contributed by atoms with E-state index in [4.69, 9.17) is 0 Å². The number of hydrogen-bond acceptors (Lipinski definition) is 5. The fourth-order valence-corrected chi connectivity index (χ4v) is 6.47. The lowest BCUT2D eigenvalue weighted by Gasteiger charge is -2.35. The summed E-state index contributed by atoms with van der Waals surface area (Å²) in [7, 11) is 0. The molecular formula is C21H31N5O. The minimum Gasteiger partial charge on any atom is -0.356 e. The van der Waals surface area contributed by atoms with Gasteiger partial charge in [0.15, 0.2) is 0 Å². The Balaban J connectivity index is 1.03. The first-order chi connectivity index (χ1) is 13.2. The van der Waals surface area contributed by atoms with Gasteiger partial charge in [0, 0.05) is 45.1 Å². The van der Waals surface area contributed by atoms with Gasteiger partial charge in [0.2, 0.25) is 11.9 Å². The Morgan fingerprint density at radius 2 is 1.78 bits per heavy atom. The van der Waals surface area contributed by atoms with Gasteiger partial charge < -0.3 is 10.2 Å². The van der Waals surface area contributed by atoms with Crippen LogP contribution >= 0.6 is 0 Å². The lowest BCUT2D eigenvalue weighted by molar-refractivity contribution is -0.132. The Labute approximate surface area is 161 Å². The molecule has 6 nitrogen and oxygen atoms in total. The third-order valence-corrected chi connectivity index (χ3v) is 7.59. The molecule has 27 heavy (non-hydrogen) atoms. The molecule has 2 heterocycles. The Morgan fingerprint density at radius 3 is 2.48 bits per heavy atom. The molecule has 4 aliphatic carbocycles. The van der Waals surface area contributed by atoms with Crippen LogP contribution in [0.1, 0.15) is 38.5 Å². The number of amides is 1. The van der Waals surface area contributed by atoms with Crippen LogP contribution in [0.25, 0.3) is 0 Å². The number of nitrogens with zero attached hydrogens (tertiary/aromatic N) is 4. The van der Waals surface area contributed by atoms with Crippen LogP contribution in [0.4, 0.5) is 5.95 Å². The highest BCUT2D eigenvalue weighted by molar-refractivity contribution is 5.84. The van der Waals surface area contributed by atoms with Crippen LogP contribution in [0, 0.1) is 23.2 Å². The average Bonchev–Trinajstić information content (AvgIpc) is 3.11. The molecule has 146 valence electrons. The van der Waals surface area contributed by atoms with Crippen molar-refractivity contribution in [2.24, 2.45) is 23.2 Å². The van der Waals surface area contributed by atoms with Gasteiger partial charge in [-0.2, -0.15) is 0 Å². The molecule has 1 aromatic heterocycles. The van der Waals surface area contributed by atoms with Gasteiger partial charge in [0.25, 0.3) is 0 Å². The van der Waals surface area contributed by atoms with Crippen molar-refractivity contribution in [1.29, 1.82) is 0 Å². The molecule has 1 amide bonds. The van der Waals surface area contributed by atoms with E-state index in [1.54, 1.807) is 12.4 Å². The van der Waals surface area contributed by atoms with Gasteiger partial charge in [-0.1, -0.05) is 0 Å². The van der Waals surface area contributed by atoms with Crippen molar-refractivity contribution >= 4 is 11.9 Å². The van der Waals surface area contributed by atoms with Gasteiger partial charge >= 0.3 is 0 Å². The summed E-state index contributed by atoms with van der Waals surface area (Å²) in [5, 5.41) is 3.31. The molecule has 0 spiro atoms. The van der Waals surface area contributed by atoms with E-state index in [1.165, 1.54) is 32.1 Å². The molecular weight excluding hydrogens is 338 g/mol. The van der Waals surface area contributed by atoms with Crippen LogP contribution in [-0.4, -0.2) is 60.0 Å². The van der Waals surface area contributed by atoms with E-state index in [2.05, 4.69) is 25.1 Å². The zero-order chi connectivity index (χ0) is 18.3.